The molecule has 3 aromatic rings. The van der Waals surface area contributed by atoms with Crippen LogP contribution in [0.15, 0.2) is 72.6 Å². The molecule has 0 aliphatic heterocycles. The van der Waals surface area contributed by atoms with Crippen LogP contribution in [0.25, 0.3) is 5.57 Å². The highest BCUT2D eigenvalue weighted by molar-refractivity contribution is 7.80. The molecule has 2 aromatic carbocycles. The second-order valence-corrected chi connectivity index (χ2v) is 9.07. The lowest BCUT2D eigenvalue weighted by atomic mass is 10.0. The summed E-state index contributed by atoms with van der Waals surface area (Å²) in [5, 5.41) is 7.42. The SMILES string of the molecule is C=C(Cn1cc(C(=C)C=Nc2ccc(N(CCS)c3cc(CC)cc(CC)c3)cc2C)cn1)NC. The number of thiol groups is 1. The standard InChI is InChI=1S/C29H37N5S/c1-7-24-14-25(8-2)16-28(15-24)34(11-12-35)27-9-10-29(21(3)13-27)31-17-22(4)26-18-32-33(20-26)19-23(5)30-6/h9-10,13-18,20,30,35H,4-5,7-8,11-12,19H2,1-3,6H3. The van der Waals surface area contributed by atoms with Gasteiger partial charge in [0, 0.05) is 54.4 Å². The zero-order valence-electron chi connectivity index (χ0n) is 21.4. The number of benzene rings is 2. The first-order chi connectivity index (χ1) is 16.9. The van der Waals surface area contributed by atoms with E-state index in [1.807, 2.05) is 17.9 Å². The number of aryl methyl sites for hydroxylation is 3. The normalized spacial score (nSPS) is 11.1. The minimum absolute atomic E-state index is 0.616. The molecule has 0 spiro atoms. The highest BCUT2D eigenvalue weighted by Gasteiger charge is 2.12. The van der Waals surface area contributed by atoms with Crippen molar-refractivity contribution in [2.75, 3.05) is 24.2 Å². The van der Waals surface area contributed by atoms with Crippen LogP contribution in [0, 0.1) is 6.92 Å². The summed E-state index contributed by atoms with van der Waals surface area (Å²) in [4.78, 5) is 7.06. The summed E-state index contributed by atoms with van der Waals surface area (Å²) >= 11 is 4.53. The molecule has 184 valence electrons. The van der Waals surface area contributed by atoms with E-state index in [0.717, 1.165) is 58.9 Å². The Morgan fingerprint density at radius 2 is 1.83 bits per heavy atom. The maximum atomic E-state index is 4.72. The molecule has 0 unspecified atom stereocenters. The molecule has 0 saturated heterocycles. The van der Waals surface area contributed by atoms with E-state index in [-0.39, 0.29) is 0 Å². The number of nitrogens with zero attached hydrogens (tertiary/aromatic N) is 4. The third kappa shape index (κ3) is 6.89. The Kier molecular flexibility index (Phi) is 9.38. The van der Waals surface area contributed by atoms with E-state index in [1.165, 1.54) is 16.8 Å². The molecule has 0 saturated carbocycles. The van der Waals surface area contributed by atoms with E-state index in [9.17, 15) is 0 Å². The van der Waals surface area contributed by atoms with Gasteiger partial charge in [0.1, 0.15) is 0 Å². The zero-order chi connectivity index (χ0) is 25.4. The number of rotatable bonds is 12. The van der Waals surface area contributed by atoms with Crippen LogP contribution < -0.4 is 10.2 Å². The van der Waals surface area contributed by atoms with Crippen molar-refractivity contribution in [1.29, 1.82) is 0 Å². The summed E-state index contributed by atoms with van der Waals surface area (Å²) in [6.45, 7) is 16.1. The van der Waals surface area contributed by atoms with Crippen molar-refractivity contribution < 1.29 is 0 Å². The maximum Gasteiger partial charge on any atom is 0.0799 e. The molecular weight excluding hydrogens is 450 g/mol. The molecule has 35 heavy (non-hydrogen) atoms. The predicted molar refractivity (Wildman–Crippen MR) is 155 cm³/mol. The molecular formula is C29H37N5S. The number of allylic oxidation sites excluding steroid dienone is 2. The van der Waals surface area contributed by atoms with Crippen LogP contribution in [0.3, 0.4) is 0 Å². The molecule has 0 fully saturated rings. The molecule has 0 atom stereocenters. The van der Waals surface area contributed by atoms with Gasteiger partial charge in [0.2, 0.25) is 0 Å². The number of hydrogen-bond acceptors (Lipinski definition) is 5. The van der Waals surface area contributed by atoms with Gasteiger partial charge in [-0.15, -0.1) is 0 Å². The zero-order valence-corrected chi connectivity index (χ0v) is 22.3. The van der Waals surface area contributed by atoms with Crippen LogP contribution in [0.5, 0.6) is 0 Å². The summed E-state index contributed by atoms with van der Waals surface area (Å²) in [6, 6.07) is 13.3. The van der Waals surface area contributed by atoms with Crippen molar-refractivity contribution in [3.05, 3.63) is 89.9 Å². The quantitative estimate of drug-likeness (QED) is 0.225. The van der Waals surface area contributed by atoms with Crippen LogP contribution in [0.2, 0.25) is 0 Å². The minimum atomic E-state index is 0.616. The molecule has 1 aromatic heterocycles. The molecule has 5 nitrogen and oxygen atoms in total. The topological polar surface area (TPSA) is 45.5 Å². The molecule has 0 aliphatic carbocycles. The number of likely N-dealkylation sites (N-methyl/N-ethyl adjacent to an activating group) is 1. The van der Waals surface area contributed by atoms with E-state index < -0.39 is 0 Å². The van der Waals surface area contributed by atoms with Crippen molar-refractivity contribution in [3.63, 3.8) is 0 Å². The van der Waals surface area contributed by atoms with Crippen LogP contribution in [0.4, 0.5) is 17.1 Å². The van der Waals surface area contributed by atoms with Gasteiger partial charge in [-0.1, -0.05) is 33.1 Å². The monoisotopic (exact) mass is 487 g/mol. The minimum Gasteiger partial charge on any atom is -0.390 e. The number of aromatic nitrogens is 2. The molecule has 0 bridgehead atoms. The van der Waals surface area contributed by atoms with Crippen LogP contribution >= 0.6 is 12.6 Å². The van der Waals surface area contributed by atoms with Gasteiger partial charge in [-0.2, -0.15) is 17.7 Å². The Balaban J connectivity index is 1.81. The third-order valence-corrected chi connectivity index (χ3v) is 6.25. The lowest BCUT2D eigenvalue weighted by Gasteiger charge is -2.26. The van der Waals surface area contributed by atoms with Gasteiger partial charge in [0.05, 0.1) is 18.4 Å². The third-order valence-electron chi connectivity index (χ3n) is 6.05. The number of anilines is 2. The largest absolute Gasteiger partial charge is 0.390 e. The van der Waals surface area contributed by atoms with E-state index >= 15 is 0 Å². The summed E-state index contributed by atoms with van der Waals surface area (Å²) < 4.78 is 1.83. The van der Waals surface area contributed by atoms with Gasteiger partial charge in [-0.05, 0) is 72.4 Å². The van der Waals surface area contributed by atoms with Gasteiger partial charge in [0.25, 0.3) is 0 Å². The molecule has 0 radical (unpaired) electrons. The van der Waals surface area contributed by atoms with Crippen molar-refractivity contribution in [2.45, 2.75) is 40.2 Å². The Morgan fingerprint density at radius 1 is 1.11 bits per heavy atom. The van der Waals surface area contributed by atoms with E-state index in [4.69, 9.17) is 4.99 Å². The van der Waals surface area contributed by atoms with Gasteiger partial charge >= 0.3 is 0 Å². The first kappa shape index (κ1) is 26.4. The fourth-order valence-electron chi connectivity index (χ4n) is 3.88. The number of aliphatic imine (C=N–C) groups is 1. The van der Waals surface area contributed by atoms with Crippen molar-refractivity contribution in [2.24, 2.45) is 4.99 Å². The highest BCUT2D eigenvalue weighted by Crippen LogP contribution is 2.31. The smallest absolute Gasteiger partial charge is 0.0799 e. The summed E-state index contributed by atoms with van der Waals surface area (Å²) in [6.07, 6.45) is 7.61. The average Bonchev–Trinajstić information content (AvgIpc) is 3.34. The molecule has 0 aliphatic rings. The van der Waals surface area contributed by atoms with E-state index in [1.54, 1.807) is 12.4 Å². The fraction of sp³-hybridized carbons (Fsp3) is 0.310. The average molecular weight is 488 g/mol. The predicted octanol–water partition coefficient (Wildman–Crippen LogP) is 6.53. The van der Waals surface area contributed by atoms with Gasteiger partial charge in [-0.3, -0.25) is 9.67 Å². The molecule has 1 heterocycles. The molecule has 0 amide bonds. The second-order valence-electron chi connectivity index (χ2n) is 8.62. The number of hydrogen-bond donors (Lipinski definition) is 2. The first-order valence-electron chi connectivity index (χ1n) is 12.1. The first-order valence-corrected chi connectivity index (χ1v) is 12.7. The van der Waals surface area contributed by atoms with Crippen LogP contribution in [-0.2, 0) is 19.4 Å². The molecule has 6 heteroatoms. The summed E-state index contributed by atoms with van der Waals surface area (Å²) in [5.74, 6) is 0.770. The Morgan fingerprint density at radius 3 is 2.43 bits per heavy atom. The van der Waals surface area contributed by atoms with Gasteiger partial charge < -0.3 is 10.2 Å². The van der Waals surface area contributed by atoms with Crippen molar-refractivity contribution in [3.8, 4) is 0 Å². The lowest BCUT2D eigenvalue weighted by molar-refractivity contribution is 0.650. The second kappa shape index (κ2) is 12.5. The van der Waals surface area contributed by atoms with Crippen molar-refractivity contribution >= 4 is 41.5 Å². The maximum absolute atomic E-state index is 4.72. The van der Waals surface area contributed by atoms with Gasteiger partial charge in [-0.25, -0.2) is 0 Å². The van der Waals surface area contributed by atoms with Gasteiger partial charge in [0.15, 0.2) is 0 Å². The van der Waals surface area contributed by atoms with Crippen LogP contribution in [-0.4, -0.2) is 35.3 Å². The molecule has 1 N–H and O–H groups in total. The number of nitrogens with one attached hydrogen (secondary N) is 1. The molecule has 3 rings (SSSR count). The fourth-order valence-corrected chi connectivity index (χ4v) is 4.08. The Hall–Kier alpha value is -3.25. The highest BCUT2D eigenvalue weighted by atomic mass is 32.1. The van der Waals surface area contributed by atoms with E-state index in [2.05, 4.69) is 98.3 Å². The Bertz CT molecular complexity index is 1190. The summed E-state index contributed by atoms with van der Waals surface area (Å²) in [7, 11) is 1.86. The summed E-state index contributed by atoms with van der Waals surface area (Å²) in [5.41, 5.74) is 9.77. The lowest BCUT2D eigenvalue weighted by Crippen LogP contribution is -2.20. The van der Waals surface area contributed by atoms with E-state index in [0.29, 0.717) is 6.54 Å². The Labute approximate surface area is 215 Å². The van der Waals surface area contributed by atoms with Crippen LogP contribution in [0.1, 0.15) is 36.1 Å². The van der Waals surface area contributed by atoms with Crippen molar-refractivity contribution in [1.82, 2.24) is 15.1 Å².